The molecule has 3 rings (SSSR count). The standard InChI is InChI=1S/C15H14BrN3/c1-10(17)11-6-7-15(13(16)8-11)19-14-5-3-2-4-12(14)9-18-19/h2-10H,17H2,1H3. The van der Waals surface area contributed by atoms with Gasteiger partial charge in [0.05, 0.1) is 17.4 Å². The Hall–Kier alpha value is -1.65. The maximum Gasteiger partial charge on any atom is 0.0795 e. The van der Waals surface area contributed by atoms with Gasteiger partial charge in [0.1, 0.15) is 0 Å². The molecule has 1 aromatic heterocycles. The van der Waals surface area contributed by atoms with E-state index >= 15 is 0 Å². The summed E-state index contributed by atoms with van der Waals surface area (Å²) in [5.74, 6) is 0. The minimum Gasteiger partial charge on any atom is -0.324 e. The Bertz CT molecular complexity index is 731. The second kappa shape index (κ2) is 4.79. The van der Waals surface area contributed by atoms with E-state index in [-0.39, 0.29) is 6.04 Å². The normalized spacial score (nSPS) is 12.8. The first kappa shape index (κ1) is 12.4. The van der Waals surface area contributed by atoms with Crippen molar-refractivity contribution in [1.82, 2.24) is 9.78 Å². The molecule has 0 aliphatic heterocycles. The van der Waals surface area contributed by atoms with Crippen LogP contribution in [0.2, 0.25) is 0 Å². The molecule has 0 saturated heterocycles. The van der Waals surface area contributed by atoms with Crippen molar-refractivity contribution in [1.29, 1.82) is 0 Å². The molecule has 19 heavy (non-hydrogen) atoms. The number of halogens is 1. The summed E-state index contributed by atoms with van der Waals surface area (Å²) in [5.41, 5.74) is 9.12. The Morgan fingerprint density at radius 3 is 2.74 bits per heavy atom. The first-order valence-electron chi connectivity index (χ1n) is 6.15. The van der Waals surface area contributed by atoms with Crippen LogP contribution in [0.25, 0.3) is 16.6 Å². The van der Waals surface area contributed by atoms with Gasteiger partial charge < -0.3 is 5.73 Å². The summed E-state index contributed by atoms with van der Waals surface area (Å²) in [4.78, 5) is 0. The second-order valence-corrected chi connectivity index (χ2v) is 5.47. The average Bonchev–Trinajstić information content (AvgIpc) is 2.82. The average molecular weight is 316 g/mol. The Morgan fingerprint density at radius 1 is 1.21 bits per heavy atom. The molecule has 1 heterocycles. The SMILES string of the molecule is CC(N)c1ccc(-n2ncc3ccccc32)c(Br)c1. The molecule has 4 heteroatoms. The van der Waals surface area contributed by atoms with E-state index in [2.05, 4.69) is 39.2 Å². The highest BCUT2D eigenvalue weighted by atomic mass is 79.9. The number of aromatic nitrogens is 2. The van der Waals surface area contributed by atoms with E-state index in [1.54, 1.807) is 0 Å². The predicted molar refractivity (Wildman–Crippen MR) is 81.4 cm³/mol. The van der Waals surface area contributed by atoms with Crippen LogP contribution in [-0.2, 0) is 0 Å². The first-order chi connectivity index (χ1) is 9.16. The summed E-state index contributed by atoms with van der Waals surface area (Å²) >= 11 is 3.61. The van der Waals surface area contributed by atoms with E-state index < -0.39 is 0 Å². The number of hydrogen-bond donors (Lipinski definition) is 1. The van der Waals surface area contributed by atoms with Crippen molar-refractivity contribution in [3.63, 3.8) is 0 Å². The molecule has 0 saturated carbocycles. The van der Waals surface area contributed by atoms with E-state index in [1.165, 1.54) is 0 Å². The van der Waals surface area contributed by atoms with Gasteiger partial charge in [-0.25, -0.2) is 4.68 Å². The lowest BCUT2D eigenvalue weighted by Crippen LogP contribution is -2.06. The van der Waals surface area contributed by atoms with Crippen LogP contribution >= 0.6 is 15.9 Å². The Labute approximate surface area is 120 Å². The molecule has 2 N–H and O–H groups in total. The summed E-state index contributed by atoms with van der Waals surface area (Å²) in [6.07, 6.45) is 1.88. The highest BCUT2D eigenvalue weighted by Gasteiger charge is 2.09. The predicted octanol–water partition coefficient (Wildman–Crippen LogP) is 3.81. The maximum absolute atomic E-state index is 5.90. The van der Waals surface area contributed by atoms with Crippen LogP contribution in [-0.4, -0.2) is 9.78 Å². The largest absolute Gasteiger partial charge is 0.324 e. The highest BCUT2D eigenvalue weighted by Crippen LogP contribution is 2.27. The number of rotatable bonds is 2. The molecule has 3 aromatic rings. The molecule has 0 spiro atoms. The van der Waals surface area contributed by atoms with Gasteiger partial charge in [0.15, 0.2) is 0 Å². The van der Waals surface area contributed by atoms with Gasteiger partial charge >= 0.3 is 0 Å². The zero-order valence-corrected chi connectivity index (χ0v) is 12.1. The van der Waals surface area contributed by atoms with Crippen molar-refractivity contribution in [2.24, 2.45) is 5.73 Å². The molecule has 0 radical (unpaired) electrons. The third-order valence-corrected chi connectivity index (χ3v) is 3.84. The molecule has 0 fully saturated rings. The molecule has 0 aliphatic rings. The van der Waals surface area contributed by atoms with E-state index in [0.717, 1.165) is 26.6 Å². The van der Waals surface area contributed by atoms with Crippen LogP contribution in [0.4, 0.5) is 0 Å². The molecule has 0 amide bonds. The van der Waals surface area contributed by atoms with Gasteiger partial charge in [-0.1, -0.05) is 24.3 Å². The van der Waals surface area contributed by atoms with Crippen LogP contribution in [0, 0.1) is 0 Å². The number of nitrogens with zero attached hydrogens (tertiary/aromatic N) is 2. The Balaban J connectivity index is 2.17. The van der Waals surface area contributed by atoms with Gasteiger partial charge in [-0.15, -0.1) is 0 Å². The highest BCUT2D eigenvalue weighted by molar-refractivity contribution is 9.10. The van der Waals surface area contributed by atoms with E-state index in [1.807, 2.05) is 42.1 Å². The summed E-state index contributed by atoms with van der Waals surface area (Å²) in [7, 11) is 0. The van der Waals surface area contributed by atoms with Gasteiger partial charge in [-0.3, -0.25) is 0 Å². The monoisotopic (exact) mass is 315 g/mol. The summed E-state index contributed by atoms with van der Waals surface area (Å²) in [6, 6.07) is 14.3. The summed E-state index contributed by atoms with van der Waals surface area (Å²) in [6.45, 7) is 1.98. The fourth-order valence-corrected chi connectivity index (χ4v) is 2.71. The van der Waals surface area contributed by atoms with Crippen LogP contribution in [0.1, 0.15) is 18.5 Å². The third kappa shape index (κ3) is 2.17. The first-order valence-corrected chi connectivity index (χ1v) is 6.94. The zero-order valence-electron chi connectivity index (χ0n) is 10.5. The molecular weight excluding hydrogens is 302 g/mol. The van der Waals surface area contributed by atoms with Crippen molar-refractivity contribution in [3.05, 3.63) is 58.7 Å². The molecule has 3 nitrogen and oxygen atoms in total. The van der Waals surface area contributed by atoms with Gasteiger partial charge in [0, 0.05) is 15.9 Å². The van der Waals surface area contributed by atoms with Crippen LogP contribution in [0.15, 0.2) is 53.1 Å². The lowest BCUT2D eigenvalue weighted by Gasteiger charge is -2.10. The van der Waals surface area contributed by atoms with E-state index in [4.69, 9.17) is 5.73 Å². The number of benzene rings is 2. The Morgan fingerprint density at radius 2 is 2.00 bits per heavy atom. The molecular formula is C15H14BrN3. The van der Waals surface area contributed by atoms with Crippen LogP contribution in [0.5, 0.6) is 0 Å². The summed E-state index contributed by atoms with van der Waals surface area (Å²) in [5, 5.41) is 5.59. The Kier molecular flexibility index (Phi) is 3.12. The summed E-state index contributed by atoms with van der Waals surface area (Å²) < 4.78 is 2.93. The molecule has 0 bridgehead atoms. The quantitative estimate of drug-likeness (QED) is 0.781. The zero-order chi connectivity index (χ0) is 13.4. The lowest BCUT2D eigenvalue weighted by atomic mass is 10.1. The molecule has 1 unspecified atom stereocenters. The van der Waals surface area contributed by atoms with Gasteiger partial charge in [0.25, 0.3) is 0 Å². The number of hydrogen-bond acceptors (Lipinski definition) is 2. The van der Waals surface area contributed by atoms with E-state index in [0.29, 0.717) is 0 Å². The third-order valence-electron chi connectivity index (χ3n) is 3.20. The van der Waals surface area contributed by atoms with Gasteiger partial charge in [-0.05, 0) is 46.6 Å². The van der Waals surface area contributed by atoms with Gasteiger partial charge in [0.2, 0.25) is 0 Å². The molecule has 0 aliphatic carbocycles. The van der Waals surface area contributed by atoms with Gasteiger partial charge in [-0.2, -0.15) is 5.10 Å². The van der Waals surface area contributed by atoms with Crippen molar-refractivity contribution < 1.29 is 0 Å². The second-order valence-electron chi connectivity index (χ2n) is 4.61. The molecule has 2 aromatic carbocycles. The van der Waals surface area contributed by atoms with Crippen molar-refractivity contribution >= 4 is 26.8 Å². The number of para-hydroxylation sites is 1. The lowest BCUT2D eigenvalue weighted by molar-refractivity contribution is 0.814. The number of fused-ring (bicyclic) bond motifs is 1. The molecule has 1 atom stereocenters. The van der Waals surface area contributed by atoms with Crippen molar-refractivity contribution in [2.75, 3.05) is 0 Å². The minimum atomic E-state index is 0.0275. The minimum absolute atomic E-state index is 0.0275. The fraction of sp³-hybridized carbons (Fsp3) is 0.133. The fourth-order valence-electron chi connectivity index (χ4n) is 2.14. The topological polar surface area (TPSA) is 43.8 Å². The smallest absolute Gasteiger partial charge is 0.0795 e. The van der Waals surface area contributed by atoms with Crippen LogP contribution < -0.4 is 5.73 Å². The molecule has 96 valence electrons. The van der Waals surface area contributed by atoms with Crippen molar-refractivity contribution in [3.8, 4) is 5.69 Å². The number of nitrogens with two attached hydrogens (primary N) is 1. The van der Waals surface area contributed by atoms with Crippen molar-refractivity contribution in [2.45, 2.75) is 13.0 Å². The van der Waals surface area contributed by atoms with E-state index in [9.17, 15) is 0 Å². The maximum atomic E-state index is 5.90. The van der Waals surface area contributed by atoms with Crippen LogP contribution in [0.3, 0.4) is 0 Å².